The Labute approximate surface area is 224 Å². The Bertz CT molecular complexity index is 1250. The lowest BCUT2D eigenvalue weighted by atomic mass is 9.74. The fraction of sp³-hybridized carbons (Fsp3) is 0.323. The Hall–Kier alpha value is -2.59. The lowest BCUT2D eigenvalue weighted by Gasteiger charge is -2.40. The van der Waals surface area contributed by atoms with Crippen molar-refractivity contribution in [2.45, 2.75) is 30.6 Å². The first kappa shape index (κ1) is 25.1. The maximum Gasteiger partial charge on any atom is 0.253 e. The average molecular weight is 520 g/mol. The van der Waals surface area contributed by atoms with Gasteiger partial charge in [0.2, 0.25) is 0 Å². The molecule has 0 bridgehead atoms. The van der Waals surface area contributed by atoms with Crippen molar-refractivity contribution in [3.63, 3.8) is 0 Å². The number of likely N-dealkylation sites (tertiary alicyclic amines) is 1. The summed E-state index contributed by atoms with van der Waals surface area (Å²) >= 11 is 12.6. The van der Waals surface area contributed by atoms with Crippen molar-refractivity contribution in [2.75, 3.05) is 33.2 Å². The highest BCUT2D eigenvalue weighted by Gasteiger charge is 2.37. The highest BCUT2D eigenvalue weighted by Crippen LogP contribution is 2.43. The number of allylic oxidation sites excluding steroid dienone is 1. The molecule has 1 spiro atoms. The van der Waals surface area contributed by atoms with Crippen LogP contribution >= 0.6 is 23.2 Å². The summed E-state index contributed by atoms with van der Waals surface area (Å²) in [4.78, 5) is 17.4. The van der Waals surface area contributed by atoms with Crippen molar-refractivity contribution in [2.24, 2.45) is 0 Å². The van der Waals surface area contributed by atoms with Gasteiger partial charge in [0.25, 0.3) is 5.91 Å². The SMILES string of the molecule is CN(CC(CCN1CCC2(C=Cc3ccccc32)CC1)c1ccc(Cl)c(Cl)c1)C(=O)c1ccccc1. The number of nitrogens with zero attached hydrogens (tertiary/aromatic N) is 2. The lowest BCUT2D eigenvalue weighted by molar-refractivity contribution is 0.0781. The minimum absolute atomic E-state index is 0.0345. The lowest BCUT2D eigenvalue weighted by Crippen LogP contribution is -2.42. The highest BCUT2D eigenvalue weighted by atomic mass is 35.5. The quantitative estimate of drug-likeness (QED) is 0.327. The number of carbonyl (C=O) groups excluding carboxylic acids is 1. The minimum Gasteiger partial charge on any atom is -0.341 e. The number of halogens is 2. The van der Waals surface area contributed by atoms with E-state index >= 15 is 0 Å². The van der Waals surface area contributed by atoms with E-state index in [0.29, 0.717) is 22.2 Å². The van der Waals surface area contributed by atoms with Gasteiger partial charge in [0.15, 0.2) is 0 Å². The molecule has 5 heteroatoms. The van der Waals surface area contributed by atoms with E-state index in [0.717, 1.165) is 44.5 Å². The van der Waals surface area contributed by atoms with Crippen molar-refractivity contribution in [3.05, 3.63) is 111 Å². The number of rotatable bonds is 7. The monoisotopic (exact) mass is 518 g/mol. The molecule has 1 aliphatic carbocycles. The molecule has 3 aromatic rings. The summed E-state index contributed by atoms with van der Waals surface area (Å²) in [6.45, 7) is 3.76. The molecule has 1 atom stereocenters. The molecule has 1 fully saturated rings. The highest BCUT2D eigenvalue weighted by molar-refractivity contribution is 6.42. The minimum atomic E-state index is 0.0345. The van der Waals surface area contributed by atoms with E-state index in [9.17, 15) is 4.79 Å². The molecule has 1 aliphatic heterocycles. The molecule has 2 aliphatic rings. The van der Waals surface area contributed by atoms with Gasteiger partial charge < -0.3 is 9.80 Å². The Kier molecular flexibility index (Phi) is 7.52. The van der Waals surface area contributed by atoms with Crippen molar-refractivity contribution >= 4 is 35.2 Å². The summed E-state index contributed by atoms with van der Waals surface area (Å²) < 4.78 is 0. The third-order valence-corrected chi connectivity index (χ3v) is 8.64. The Morgan fingerprint density at radius 3 is 2.44 bits per heavy atom. The first-order chi connectivity index (χ1) is 17.4. The van der Waals surface area contributed by atoms with Gasteiger partial charge in [0, 0.05) is 30.5 Å². The summed E-state index contributed by atoms with van der Waals surface area (Å²) in [6.07, 6.45) is 7.96. The number of piperidine rings is 1. The van der Waals surface area contributed by atoms with Crippen LogP contribution in [0, 0.1) is 0 Å². The van der Waals surface area contributed by atoms with Crippen LogP contribution in [-0.4, -0.2) is 48.9 Å². The van der Waals surface area contributed by atoms with Crippen LogP contribution < -0.4 is 0 Å². The predicted octanol–water partition coefficient (Wildman–Crippen LogP) is 7.30. The smallest absolute Gasteiger partial charge is 0.253 e. The van der Waals surface area contributed by atoms with Gasteiger partial charge >= 0.3 is 0 Å². The molecular formula is C31H32Cl2N2O. The Morgan fingerprint density at radius 2 is 1.69 bits per heavy atom. The van der Waals surface area contributed by atoms with Crippen LogP contribution in [0.3, 0.4) is 0 Å². The average Bonchev–Trinajstić information content (AvgIpc) is 3.27. The molecule has 1 amide bonds. The molecule has 1 heterocycles. The van der Waals surface area contributed by atoms with Crippen LogP contribution in [0.15, 0.2) is 78.9 Å². The van der Waals surface area contributed by atoms with Crippen molar-refractivity contribution in [3.8, 4) is 0 Å². The maximum atomic E-state index is 13.0. The Balaban J connectivity index is 1.26. The van der Waals surface area contributed by atoms with Gasteiger partial charge in [-0.25, -0.2) is 0 Å². The van der Waals surface area contributed by atoms with E-state index in [-0.39, 0.29) is 17.2 Å². The molecule has 0 radical (unpaired) electrons. The normalized spacial score (nSPS) is 17.2. The van der Waals surface area contributed by atoms with Gasteiger partial charge in [-0.2, -0.15) is 0 Å². The van der Waals surface area contributed by atoms with Gasteiger partial charge in [0.1, 0.15) is 0 Å². The van der Waals surface area contributed by atoms with E-state index in [2.05, 4.69) is 41.3 Å². The summed E-state index contributed by atoms with van der Waals surface area (Å²) in [5, 5.41) is 1.11. The van der Waals surface area contributed by atoms with Crippen LogP contribution in [0.1, 0.15) is 52.2 Å². The Morgan fingerprint density at radius 1 is 0.972 bits per heavy atom. The first-order valence-electron chi connectivity index (χ1n) is 12.7. The number of carbonyl (C=O) groups is 1. The topological polar surface area (TPSA) is 23.6 Å². The number of hydrogen-bond donors (Lipinski definition) is 0. The second-order valence-corrected chi connectivity index (χ2v) is 10.9. The summed E-state index contributed by atoms with van der Waals surface area (Å²) in [6, 6.07) is 24.1. The molecule has 5 rings (SSSR count). The standard InChI is InChI=1S/C31H32Cl2N2O/c1-34(30(36)24-8-3-2-4-9-24)22-26(25-11-12-28(32)29(33)21-25)14-18-35-19-16-31(17-20-35)15-13-23-7-5-6-10-27(23)31/h2-13,15,21,26H,14,16-20,22H2,1H3. The van der Waals surface area contributed by atoms with Crippen molar-refractivity contribution < 1.29 is 4.79 Å². The van der Waals surface area contributed by atoms with Gasteiger partial charge in [0.05, 0.1) is 10.0 Å². The molecular weight excluding hydrogens is 487 g/mol. The van der Waals surface area contributed by atoms with Crippen molar-refractivity contribution in [1.82, 2.24) is 9.80 Å². The van der Waals surface area contributed by atoms with Gasteiger partial charge in [-0.1, -0.05) is 83.9 Å². The largest absolute Gasteiger partial charge is 0.341 e. The zero-order valence-electron chi connectivity index (χ0n) is 20.7. The molecule has 186 valence electrons. The first-order valence-corrected chi connectivity index (χ1v) is 13.5. The summed E-state index contributed by atoms with van der Waals surface area (Å²) in [5.74, 6) is 0.202. The van der Waals surface area contributed by atoms with Crippen molar-refractivity contribution in [1.29, 1.82) is 0 Å². The fourth-order valence-corrected chi connectivity index (χ4v) is 6.04. The number of benzene rings is 3. The third-order valence-electron chi connectivity index (χ3n) is 7.90. The molecule has 1 saturated heterocycles. The van der Waals surface area contributed by atoms with E-state index in [1.54, 1.807) is 0 Å². The van der Waals surface area contributed by atoms with Crippen LogP contribution in [0.25, 0.3) is 6.08 Å². The van der Waals surface area contributed by atoms with Crippen LogP contribution in [-0.2, 0) is 5.41 Å². The molecule has 0 N–H and O–H groups in total. The second kappa shape index (κ2) is 10.8. The van der Waals surface area contributed by atoms with Gasteiger partial charge in [-0.3, -0.25) is 4.79 Å². The fourth-order valence-electron chi connectivity index (χ4n) is 5.73. The molecule has 3 aromatic carbocycles. The van der Waals surface area contributed by atoms with E-state index in [1.807, 2.05) is 60.5 Å². The number of fused-ring (bicyclic) bond motifs is 2. The van der Waals surface area contributed by atoms with Crippen LogP contribution in [0.4, 0.5) is 0 Å². The molecule has 1 unspecified atom stereocenters. The predicted molar refractivity (Wildman–Crippen MR) is 150 cm³/mol. The van der Waals surface area contributed by atoms with Crippen LogP contribution in [0.2, 0.25) is 10.0 Å². The van der Waals surface area contributed by atoms with Crippen LogP contribution in [0.5, 0.6) is 0 Å². The molecule has 0 saturated carbocycles. The molecule has 0 aromatic heterocycles. The number of hydrogen-bond acceptors (Lipinski definition) is 2. The third kappa shape index (κ3) is 5.25. The van der Waals surface area contributed by atoms with E-state index < -0.39 is 0 Å². The van der Waals surface area contributed by atoms with Gasteiger partial charge in [-0.05, 0) is 79.9 Å². The van der Waals surface area contributed by atoms with E-state index in [4.69, 9.17) is 23.2 Å². The zero-order valence-corrected chi connectivity index (χ0v) is 22.2. The summed E-state index contributed by atoms with van der Waals surface area (Å²) in [5.41, 5.74) is 4.88. The van der Waals surface area contributed by atoms with E-state index in [1.165, 1.54) is 11.1 Å². The second-order valence-electron chi connectivity index (χ2n) is 10.1. The number of likely N-dealkylation sites (N-methyl/N-ethyl adjacent to an activating group) is 1. The zero-order chi connectivity index (χ0) is 25.1. The maximum absolute atomic E-state index is 13.0. The summed E-state index contributed by atoms with van der Waals surface area (Å²) in [7, 11) is 1.88. The molecule has 3 nitrogen and oxygen atoms in total. The van der Waals surface area contributed by atoms with Gasteiger partial charge in [-0.15, -0.1) is 0 Å². The number of amides is 1. The molecule has 36 heavy (non-hydrogen) atoms.